The average molecular weight is 590 g/mol. The summed E-state index contributed by atoms with van der Waals surface area (Å²) in [6.07, 6.45) is 2.06. The van der Waals surface area contributed by atoms with Crippen molar-refractivity contribution >= 4 is 45.5 Å². The van der Waals surface area contributed by atoms with Crippen LogP contribution in [0.4, 0.5) is 17.1 Å². The van der Waals surface area contributed by atoms with Gasteiger partial charge in [0.1, 0.15) is 0 Å². The van der Waals surface area contributed by atoms with Gasteiger partial charge in [-0.3, -0.25) is 0 Å². The van der Waals surface area contributed by atoms with Gasteiger partial charge >= 0.3 is 0 Å². The molecule has 1 heterocycles. The van der Waals surface area contributed by atoms with Crippen LogP contribution in [0.3, 0.4) is 0 Å². The lowest BCUT2D eigenvalue weighted by atomic mass is 9.37. The minimum absolute atomic E-state index is 0.385. The topological polar surface area (TPSA) is 55.3 Å². The van der Waals surface area contributed by atoms with E-state index in [1.807, 2.05) is 41.5 Å². The van der Waals surface area contributed by atoms with Crippen LogP contribution in [-0.2, 0) is 12.8 Å². The Bertz CT molecular complexity index is 1440. The largest absolute Gasteiger partial charge is 0.333 e. The molecule has 234 valence electrons. The number of para-hydroxylation sites is 2. The number of benzene rings is 5. The molecule has 0 radical (unpaired) electrons. The molecular formula is C40H56BN3. The van der Waals surface area contributed by atoms with E-state index in [9.17, 15) is 0 Å². The van der Waals surface area contributed by atoms with Gasteiger partial charge < -0.3 is 16.4 Å². The molecule has 6 rings (SSSR count). The highest BCUT2D eigenvalue weighted by Gasteiger charge is 2.30. The highest BCUT2D eigenvalue weighted by atomic mass is 15.1. The molecule has 0 fully saturated rings. The van der Waals surface area contributed by atoms with E-state index < -0.39 is 0 Å². The first-order valence-electron chi connectivity index (χ1n) is 16.5. The van der Waals surface area contributed by atoms with Gasteiger partial charge in [-0.05, 0) is 73.8 Å². The van der Waals surface area contributed by atoms with E-state index in [4.69, 9.17) is 0 Å². The summed E-state index contributed by atoms with van der Waals surface area (Å²) in [6.45, 7) is 17.1. The summed E-state index contributed by atoms with van der Waals surface area (Å²) in [7, 11) is 3.00. The van der Waals surface area contributed by atoms with Crippen molar-refractivity contribution in [2.24, 2.45) is 11.5 Å². The maximum Gasteiger partial charge on any atom is 0.208 e. The van der Waals surface area contributed by atoms with Crippen LogP contribution >= 0.6 is 0 Å². The van der Waals surface area contributed by atoms with Crippen LogP contribution in [0, 0.1) is 0 Å². The van der Waals surface area contributed by atoms with Crippen molar-refractivity contribution < 1.29 is 0 Å². The molecule has 4 heteroatoms. The van der Waals surface area contributed by atoms with Crippen LogP contribution in [0.2, 0.25) is 6.82 Å². The molecule has 0 bridgehead atoms. The fraction of sp³-hybridized carbons (Fsp3) is 0.300. The van der Waals surface area contributed by atoms with E-state index in [1.54, 1.807) is 5.46 Å². The normalized spacial score (nSPS) is 10.2. The number of fused-ring (bicyclic) bond motifs is 4. The summed E-state index contributed by atoms with van der Waals surface area (Å²) in [4.78, 5) is 2.41. The number of rotatable bonds is 4. The van der Waals surface area contributed by atoms with Gasteiger partial charge in [0.2, 0.25) is 6.71 Å². The van der Waals surface area contributed by atoms with Crippen LogP contribution in [0.25, 0.3) is 10.8 Å². The van der Waals surface area contributed by atoms with Gasteiger partial charge in [-0.25, -0.2) is 0 Å². The molecule has 1 aliphatic heterocycles. The molecule has 0 amide bonds. The predicted molar refractivity (Wildman–Crippen MR) is 202 cm³/mol. The molecular weight excluding hydrogens is 533 g/mol. The van der Waals surface area contributed by atoms with E-state index in [0.29, 0.717) is 6.71 Å². The van der Waals surface area contributed by atoms with Crippen LogP contribution in [-0.4, -0.2) is 20.8 Å². The highest BCUT2D eigenvalue weighted by Crippen LogP contribution is 2.39. The minimum atomic E-state index is 0.385. The lowest BCUT2D eigenvalue weighted by Crippen LogP contribution is -2.48. The molecule has 0 aromatic heterocycles. The summed E-state index contributed by atoms with van der Waals surface area (Å²) in [6, 6.07) is 39.8. The predicted octanol–water partition coefficient (Wildman–Crippen LogP) is 9.24. The van der Waals surface area contributed by atoms with E-state index >= 15 is 0 Å². The van der Waals surface area contributed by atoms with Gasteiger partial charge in [0, 0.05) is 16.8 Å². The van der Waals surface area contributed by atoms with Crippen LogP contribution in [0.5, 0.6) is 0 Å². The number of aryl methyl sites for hydroxylation is 1. The zero-order valence-corrected chi connectivity index (χ0v) is 29.0. The Hall–Kier alpha value is -3.86. The third kappa shape index (κ3) is 8.40. The Labute approximate surface area is 269 Å². The SMILES string of the molecule is CC.CC.CC.CCc1cccc2c1B(C)c1c(cc(N(c3ccccc3)c3ccccc3)c3ccccc13)C2.CN.CN. The first-order valence-corrected chi connectivity index (χ1v) is 16.5. The fourth-order valence-electron chi connectivity index (χ4n) is 5.89. The molecule has 5 aromatic carbocycles. The van der Waals surface area contributed by atoms with E-state index in [-0.39, 0.29) is 0 Å². The number of hydrogen-bond donors (Lipinski definition) is 2. The van der Waals surface area contributed by atoms with Crippen molar-refractivity contribution in [2.75, 3.05) is 19.0 Å². The van der Waals surface area contributed by atoms with Crippen molar-refractivity contribution in [1.29, 1.82) is 0 Å². The first-order chi connectivity index (χ1) is 21.8. The molecule has 0 unspecified atom stereocenters. The van der Waals surface area contributed by atoms with Gasteiger partial charge in [0.25, 0.3) is 0 Å². The maximum absolute atomic E-state index is 4.50. The molecule has 3 nitrogen and oxygen atoms in total. The second-order valence-corrected chi connectivity index (χ2v) is 9.26. The summed E-state index contributed by atoms with van der Waals surface area (Å²) >= 11 is 0. The van der Waals surface area contributed by atoms with E-state index in [2.05, 4.69) is 139 Å². The molecule has 0 saturated heterocycles. The molecule has 0 atom stereocenters. The Kier molecular flexibility index (Phi) is 18.2. The fourth-order valence-corrected chi connectivity index (χ4v) is 5.89. The van der Waals surface area contributed by atoms with Gasteiger partial charge in [0.15, 0.2) is 0 Å². The Balaban J connectivity index is 0.000000884. The van der Waals surface area contributed by atoms with E-state index in [1.165, 1.54) is 64.1 Å². The molecule has 0 spiro atoms. The number of nitrogens with zero attached hydrogens (tertiary/aromatic N) is 1. The van der Waals surface area contributed by atoms with E-state index in [0.717, 1.165) is 12.8 Å². The lowest BCUT2D eigenvalue weighted by molar-refractivity contribution is 1.12. The van der Waals surface area contributed by atoms with Gasteiger partial charge in [0.05, 0.1) is 5.69 Å². The summed E-state index contributed by atoms with van der Waals surface area (Å²) in [5.74, 6) is 0. The summed E-state index contributed by atoms with van der Waals surface area (Å²) in [5.41, 5.74) is 20.0. The second kappa shape index (κ2) is 20.9. The molecule has 0 aliphatic carbocycles. The van der Waals surface area contributed by atoms with Crippen LogP contribution in [0.1, 0.15) is 65.2 Å². The van der Waals surface area contributed by atoms with Crippen LogP contribution in [0.15, 0.2) is 109 Å². The van der Waals surface area contributed by atoms with Crippen molar-refractivity contribution in [3.8, 4) is 0 Å². The van der Waals surface area contributed by atoms with Crippen molar-refractivity contribution in [1.82, 2.24) is 0 Å². The second-order valence-electron chi connectivity index (χ2n) is 9.26. The third-order valence-corrected chi connectivity index (χ3v) is 7.33. The maximum atomic E-state index is 4.50. The lowest BCUT2D eigenvalue weighted by Gasteiger charge is -2.32. The summed E-state index contributed by atoms with van der Waals surface area (Å²) in [5, 5.41) is 2.68. The molecule has 44 heavy (non-hydrogen) atoms. The smallest absolute Gasteiger partial charge is 0.208 e. The molecule has 1 aliphatic rings. The molecule has 5 aromatic rings. The first kappa shape index (κ1) is 38.2. The Morgan fingerprint density at radius 3 is 1.55 bits per heavy atom. The standard InChI is InChI=1S/C32H28BN.3C2H6.2CH5N/c1-3-23-13-12-14-24-21-25-22-30(28-19-10-11-20-29(28)32(25)33(2)31(23)24)34(26-15-6-4-7-16-26)27-17-8-5-9-18-27;5*1-2/h4-20,22H,3,21H2,1-2H3;3*1-2H3;2*2H2,1H3. The minimum Gasteiger partial charge on any atom is -0.333 e. The van der Waals surface area contributed by atoms with Gasteiger partial charge in [-0.15, -0.1) is 0 Å². The number of hydrogen-bond acceptors (Lipinski definition) is 3. The monoisotopic (exact) mass is 589 g/mol. The zero-order valence-electron chi connectivity index (χ0n) is 29.0. The number of anilines is 3. The van der Waals surface area contributed by atoms with Crippen molar-refractivity contribution in [2.45, 2.75) is 68.1 Å². The average Bonchev–Trinajstić information content (AvgIpc) is 3.13. The van der Waals surface area contributed by atoms with Crippen molar-refractivity contribution in [3.05, 3.63) is 126 Å². The number of nitrogens with two attached hydrogens (primary N) is 2. The summed E-state index contributed by atoms with van der Waals surface area (Å²) < 4.78 is 0. The highest BCUT2D eigenvalue weighted by molar-refractivity contribution is 6.87. The zero-order chi connectivity index (χ0) is 33.1. The molecule has 4 N–H and O–H groups in total. The van der Waals surface area contributed by atoms with Crippen LogP contribution < -0.4 is 27.3 Å². The van der Waals surface area contributed by atoms with Gasteiger partial charge in [-0.1, -0.05) is 151 Å². The molecule has 0 saturated carbocycles. The Morgan fingerprint density at radius 1 is 0.568 bits per heavy atom. The van der Waals surface area contributed by atoms with Crippen molar-refractivity contribution in [3.63, 3.8) is 0 Å². The quantitative estimate of drug-likeness (QED) is 0.206. The van der Waals surface area contributed by atoms with Gasteiger partial charge in [-0.2, -0.15) is 0 Å². The Morgan fingerprint density at radius 2 is 1.05 bits per heavy atom. The third-order valence-electron chi connectivity index (χ3n) is 7.33.